The van der Waals surface area contributed by atoms with Gasteiger partial charge in [0.25, 0.3) is 0 Å². The first-order valence-electron chi connectivity index (χ1n) is 6.14. The normalized spacial score (nSPS) is 12.2. The second-order valence-corrected chi connectivity index (χ2v) is 5.37. The van der Waals surface area contributed by atoms with Crippen LogP contribution in [0.3, 0.4) is 0 Å². The van der Waals surface area contributed by atoms with Crippen LogP contribution in [-0.2, 0) is 13.0 Å². The fourth-order valence-electron chi connectivity index (χ4n) is 1.71. The van der Waals surface area contributed by atoms with Gasteiger partial charge in [-0.3, -0.25) is 4.98 Å². The lowest BCUT2D eigenvalue weighted by molar-refractivity contribution is 0.195. The van der Waals surface area contributed by atoms with Gasteiger partial charge in [-0.25, -0.2) is 0 Å². The van der Waals surface area contributed by atoms with Gasteiger partial charge in [0.1, 0.15) is 12.4 Å². The average molecular weight is 322 g/mol. The van der Waals surface area contributed by atoms with Crippen LogP contribution in [0.5, 0.6) is 5.75 Å². The van der Waals surface area contributed by atoms with Crippen molar-refractivity contribution in [3.8, 4) is 5.75 Å². The monoisotopic (exact) mass is 321 g/mol. The van der Waals surface area contributed by atoms with Crippen molar-refractivity contribution in [1.29, 1.82) is 0 Å². The Morgan fingerprint density at radius 2 is 1.95 bits per heavy atom. The molecule has 2 aromatic rings. The van der Waals surface area contributed by atoms with E-state index in [1.807, 2.05) is 36.4 Å². The van der Waals surface area contributed by atoms with Crippen LogP contribution in [0.2, 0.25) is 0 Å². The number of hydrogen-bond acceptors (Lipinski definition) is 3. The molecule has 0 saturated carbocycles. The molecular weight excluding hydrogens is 306 g/mol. The number of benzene rings is 1. The number of halogens is 1. The summed E-state index contributed by atoms with van der Waals surface area (Å²) in [5.41, 5.74) is 1.99. The number of aromatic nitrogens is 1. The van der Waals surface area contributed by atoms with E-state index >= 15 is 0 Å². The van der Waals surface area contributed by atoms with Gasteiger partial charge >= 0.3 is 0 Å². The van der Waals surface area contributed by atoms with Gasteiger partial charge in [0.15, 0.2) is 0 Å². The number of aliphatic hydroxyl groups excluding tert-OH is 1. The zero-order valence-corrected chi connectivity index (χ0v) is 12.3. The first-order valence-corrected chi connectivity index (χ1v) is 6.93. The molecule has 0 amide bonds. The van der Waals surface area contributed by atoms with Crippen LogP contribution in [0, 0.1) is 0 Å². The molecule has 0 aliphatic heterocycles. The van der Waals surface area contributed by atoms with Gasteiger partial charge in [0, 0.05) is 10.7 Å². The van der Waals surface area contributed by atoms with Gasteiger partial charge < -0.3 is 9.84 Å². The molecule has 1 unspecified atom stereocenters. The van der Waals surface area contributed by atoms with E-state index in [0.717, 1.165) is 21.5 Å². The average Bonchev–Trinajstić information content (AvgIpc) is 2.39. The van der Waals surface area contributed by atoms with Crippen molar-refractivity contribution in [1.82, 2.24) is 4.98 Å². The molecule has 100 valence electrons. The summed E-state index contributed by atoms with van der Waals surface area (Å²) in [7, 11) is 0. The number of pyridine rings is 1. The number of rotatable bonds is 5. The van der Waals surface area contributed by atoms with Gasteiger partial charge in [-0.1, -0.05) is 12.1 Å². The Morgan fingerprint density at radius 1 is 1.21 bits per heavy atom. The minimum absolute atomic E-state index is 0.321. The van der Waals surface area contributed by atoms with Crippen molar-refractivity contribution < 1.29 is 9.84 Å². The van der Waals surface area contributed by atoms with Crippen LogP contribution >= 0.6 is 15.9 Å². The van der Waals surface area contributed by atoms with Gasteiger partial charge in [0.2, 0.25) is 0 Å². The first kappa shape index (κ1) is 14.0. The predicted octanol–water partition coefficient (Wildman–Crippen LogP) is 3.35. The summed E-state index contributed by atoms with van der Waals surface area (Å²) in [4.78, 5) is 4.25. The van der Waals surface area contributed by atoms with Crippen LogP contribution in [-0.4, -0.2) is 16.2 Å². The molecule has 1 aromatic carbocycles. The molecule has 19 heavy (non-hydrogen) atoms. The van der Waals surface area contributed by atoms with Gasteiger partial charge in [-0.2, -0.15) is 0 Å². The third-order valence-corrected chi connectivity index (χ3v) is 3.10. The van der Waals surface area contributed by atoms with Crippen molar-refractivity contribution in [3.63, 3.8) is 0 Å². The lowest BCUT2D eigenvalue weighted by Crippen LogP contribution is -2.04. The smallest absolute Gasteiger partial charge is 0.130 e. The Morgan fingerprint density at radius 3 is 2.53 bits per heavy atom. The molecule has 0 bridgehead atoms. The molecule has 3 nitrogen and oxygen atoms in total. The highest BCUT2D eigenvalue weighted by Gasteiger charge is 2.01. The van der Waals surface area contributed by atoms with Gasteiger partial charge in [-0.15, -0.1) is 0 Å². The summed E-state index contributed by atoms with van der Waals surface area (Å²) in [6, 6.07) is 11.6. The fourth-order valence-corrected chi connectivity index (χ4v) is 1.95. The molecule has 1 aromatic heterocycles. The second-order valence-electron chi connectivity index (χ2n) is 4.45. The van der Waals surface area contributed by atoms with Crippen LogP contribution < -0.4 is 4.74 Å². The Kier molecular flexibility index (Phi) is 4.93. The van der Waals surface area contributed by atoms with E-state index < -0.39 is 0 Å². The molecule has 0 fully saturated rings. The highest BCUT2D eigenvalue weighted by molar-refractivity contribution is 9.10. The van der Waals surface area contributed by atoms with E-state index in [1.54, 1.807) is 13.1 Å². The molecule has 1 N–H and O–H groups in total. The molecule has 0 aliphatic carbocycles. The highest BCUT2D eigenvalue weighted by Crippen LogP contribution is 2.15. The topological polar surface area (TPSA) is 42.4 Å². The minimum atomic E-state index is -0.321. The molecule has 0 radical (unpaired) electrons. The molecule has 1 atom stereocenters. The number of nitrogens with zero attached hydrogens (tertiary/aromatic N) is 1. The van der Waals surface area contributed by atoms with Crippen molar-refractivity contribution in [2.24, 2.45) is 0 Å². The number of hydrogen-bond donors (Lipinski definition) is 1. The fraction of sp³-hybridized carbons (Fsp3) is 0.267. The molecule has 0 saturated heterocycles. The Balaban J connectivity index is 1.91. The lowest BCUT2D eigenvalue weighted by Gasteiger charge is -2.08. The van der Waals surface area contributed by atoms with Gasteiger partial charge in [-0.05, 0) is 59.1 Å². The Labute approximate surface area is 121 Å². The summed E-state index contributed by atoms with van der Waals surface area (Å²) in [5.74, 6) is 0.805. The maximum Gasteiger partial charge on any atom is 0.130 e. The second kappa shape index (κ2) is 6.68. The van der Waals surface area contributed by atoms with E-state index in [-0.39, 0.29) is 6.10 Å². The number of aliphatic hydroxyl groups is 1. The molecule has 0 aliphatic rings. The van der Waals surface area contributed by atoms with Crippen LogP contribution in [0.15, 0.2) is 47.1 Å². The SMILES string of the molecule is CC(O)Cc1ccc(OCc2ccc(Br)cn2)cc1. The van der Waals surface area contributed by atoms with Crippen LogP contribution in [0.1, 0.15) is 18.2 Å². The summed E-state index contributed by atoms with van der Waals surface area (Å²) in [5, 5.41) is 9.31. The molecular formula is C15H16BrNO2. The summed E-state index contributed by atoms with van der Waals surface area (Å²) in [6.45, 7) is 2.23. The Hall–Kier alpha value is -1.39. The van der Waals surface area contributed by atoms with E-state index in [4.69, 9.17) is 4.74 Å². The maximum absolute atomic E-state index is 9.31. The largest absolute Gasteiger partial charge is 0.487 e. The van der Waals surface area contributed by atoms with Gasteiger partial charge in [0.05, 0.1) is 11.8 Å². The van der Waals surface area contributed by atoms with E-state index in [1.165, 1.54) is 0 Å². The van der Waals surface area contributed by atoms with Crippen molar-refractivity contribution in [2.45, 2.75) is 26.1 Å². The standard InChI is InChI=1S/C15H16BrNO2/c1-11(18)8-12-2-6-15(7-3-12)19-10-14-5-4-13(16)9-17-14/h2-7,9,11,18H,8,10H2,1H3. The van der Waals surface area contributed by atoms with Crippen molar-refractivity contribution in [2.75, 3.05) is 0 Å². The van der Waals surface area contributed by atoms with Crippen molar-refractivity contribution in [3.05, 3.63) is 58.3 Å². The van der Waals surface area contributed by atoms with E-state index in [2.05, 4.69) is 20.9 Å². The van der Waals surface area contributed by atoms with E-state index in [9.17, 15) is 5.11 Å². The van der Waals surface area contributed by atoms with E-state index in [0.29, 0.717) is 13.0 Å². The molecule has 4 heteroatoms. The quantitative estimate of drug-likeness (QED) is 0.918. The zero-order valence-electron chi connectivity index (χ0n) is 10.7. The third-order valence-electron chi connectivity index (χ3n) is 2.63. The number of ether oxygens (including phenoxy) is 1. The first-order chi connectivity index (χ1) is 9.13. The van der Waals surface area contributed by atoms with Crippen LogP contribution in [0.25, 0.3) is 0 Å². The molecule has 2 rings (SSSR count). The predicted molar refractivity (Wildman–Crippen MR) is 78.1 cm³/mol. The summed E-state index contributed by atoms with van der Waals surface area (Å²) in [6.07, 6.45) is 2.10. The van der Waals surface area contributed by atoms with Crippen molar-refractivity contribution >= 4 is 15.9 Å². The maximum atomic E-state index is 9.31. The third kappa shape index (κ3) is 4.65. The minimum Gasteiger partial charge on any atom is -0.487 e. The summed E-state index contributed by atoms with van der Waals surface area (Å²) >= 11 is 3.35. The highest BCUT2D eigenvalue weighted by atomic mass is 79.9. The summed E-state index contributed by atoms with van der Waals surface area (Å²) < 4.78 is 6.61. The van der Waals surface area contributed by atoms with Crippen LogP contribution in [0.4, 0.5) is 0 Å². The zero-order chi connectivity index (χ0) is 13.7. The molecule has 1 heterocycles. The Bertz CT molecular complexity index is 509. The molecule has 0 spiro atoms. The lowest BCUT2D eigenvalue weighted by atomic mass is 10.1.